The summed E-state index contributed by atoms with van der Waals surface area (Å²) in [5, 5.41) is 13.5. The summed E-state index contributed by atoms with van der Waals surface area (Å²) in [5.74, 6) is -0.917. The second-order valence-corrected chi connectivity index (χ2v) is 6.04. The number of aryl methyl sites for hydroxylation is 1. The van der Waals surface area contributed by atoms with Gasteiger partial charge in [0.15, 0.2) is 0 Å². The number of carbonyl (C=O) groups excluding carboxylic acids is 2. The number of benzene rings is 2. The van der Waals surface area contributed by atoms with Crippen molar-refractivity contribution in [2.75, 3.05) is 16.8 Å². The van der Waals surface area contributed by atoms with Crippen molar-refractivity contribution >= 4 is 28.9 Å². The minimum Gasteiger partial charge on any atom is -0.326 e. The standard InChI is InChI=1S/C18H17N3O4/c1-12-5-7-15(8-6-12)20-11-13(9-17(20)22)18(23)19-14-3-2-4-16(10-14)21(24)25/h2-8,10,13H,9,11H2,1H3,(H,19,23). The predicted molar refractivity (Wildman–Crippen MR) is 93.4 cm³/mol. The summed E-state index contributed by atoms with van der Waals surface area (Å²) in [6, 6.07) is 13.3. The molecule has 1 aliphatic heterocycles. The van der Waals surface area contributed by atoms with Crippen LogP contribution in [-0.2, 0) is 9.59 Å². The van der Waals surface area contributed by atoms with E-state index in [0.717, 1.165) is 11.3 Å². The lowest BCUT2D eigenvalue weighted by Gasteiger charge is -2.17. The van der Waals surface area contributed by atoms with Gasteiger partial charge in [0.1, 0.15) is 0 Å². The third-order valence-corrected chi connectivity index (χ3v) is 4.17. The quantitative estimate of drug-likeness (QED) is 0.685. The van der Waals surface area contributed by atoms with E-state index in [4.69, 9.17) is 0 Å². The summed E-state index contributed by atoms with van der Waals surface area (Å²) in [6.45, 7) is 2.26. The predicted octanol–water partition coefficient (Wildman–Crippen LogP) is 2.89. The fourth-order valence-electron chi connectivity index (χ4n) is 2.80. The minimum absolute atomic E-state index is 0.0958. The van der Waals surface area contributed by atoms with Gasteiger partial charge in [-0.25, -0.2) is 0 Å². The second-order valence-electron chi connectivity index (χ2n) is 6.04. The maximum Gasteiger partial charge on any atom is 0.271 e. The lowest BCUT2D eigenvalue weighted by molar-refractivity contribution is -0.384. The molecule has 1 saturated heterocycles. The van der Waals surface area contributed by atoms with Crippen molar-refractivity contribution in [3.8, 4) is 0 Å². The highest BCUT2D eigenvalue weighted by Gasteiger charge is 2.35. The van der Waals surface area contributed by atoms with E-state index in [1.807, 2.05) is 31.2 Å². The molecule has 1 heterocycles. The van der Waals surface area contributed by atoms with Gasteiger partial charge in [-0.05, 0) is 25.1 Å². The number of hydrogen-bond donors (Lipinski definition) is 1. The molecule has 1 aliphatic rings. The van der Waals surface area contributed by atoms with E-state index in [1.165, 1.54) is 18.2 Å². The van der Waals surface area contributed by atoms with E-state index >= 15 is 0 Å². The molecule has 0 radical (unpaired) electrons. The number of nitro benzene ring substituents is 1. The monoisotopic (exact) mass is 339 g/mol. The molecule has 1 N–H and O–H groups in total. The topological polar surface area (TPSA) is 92.6 Å². The molecule has 2 aromatic carbocycles. The van der Waals surface area contributed by atoms with Crippen LogP contribution in [-0.4, -0.2) is 23.3 Å². The van der Waals surface area contributed by atoms with Gasteiger partial charge in [0, 0.05) is 36.5 Å². The van der Waals surface area contributed by atoms with Gasteiger partial charge < -0.3 is 10.2 Å². The Kier molecular flexibility index (Phi) is 4.47. The third-order valence-electron chi connectivity index (χ3n) is 4.17. The fraction of sp³-hybridized carbons (Fsp3) is 0.222. The van der Waals surface area contributed by atoms with Crippen molar-refractivity contribution in [3.05, 3.63) is 64.2 Å². The highest BCUT2D eigenvalue weighted by molar-refractivity contribution is 6.03. The molecule has 0 saturated carbocycles. The van der Waals surface area contributed by atoms with Crippen molar-refractivity contribution in [1.82, 2.24) is 0 Å². The maximum absolute atomic E-state index is 12.4. The highest BCUT2D eigenvalue weighted by atomic mass is 16.6. The number of carbonyl (C=O) groups is 2. The molecule has 1 fully saturated rings. The SMILES string of the molecule is Cc1ccc(N2CC(C(=O)Nc3cccc([N+](=O)[O-])c3)CC2=O)cc1. The van der Waals surface area contributed by atoms with Gasteiger partial charge >= 0.3 is 0 Å². The highest BCUT2D eigenvalue weighted by Crippen LogP contribution is 2.26. The molecule has 2 amide bonds. The average molecular weight is 339 g/mol. The Morgan fingerprint density at radius 2 is 1.96 bits per heavy atom. The van der Waals surface area contributed by atoms with Crippen LogP contribution in [0.1, 0.15) is 12.0 Å². The first-order valence-electron chi connectivity index (χ1n) is 7.86. The molecule has 1 atom stereocenters. The normalized spacial score (nSPS) is 16.8. The van der Waals surface area contributed by atoms with Gasteiger partial charge in [0.25, 0.3) is 5.69 Å². The lowest BCUT2D eigenvalue weighted by Crippen LogP contribution is -2.28. The third kappa shape index (κ3) is 3.65. The summed E-state index contributed by atoms with van der Waals surface area (Å²) in [5.41, 5.74) is 2.11. The van der Waals surface area contributed by atoms with Crippen LogP contribution >= 0.6 is 0 Å². The van der Waals surface area contributed by atoms with Crippen molar-refractivity contribution < 1.29 is 14.5 Å². The Labute approximate surface area is 144 Å². The van der Waals surface area contributed by atoms with Crippen molar-refractivity contribution in [2.24, 2.45) is 5.92 Å². The number of amides is 2. The van der Waals surface area contributed by atoms with Crippen LogP contribution in [0.5, 0.6) is 0 Å². The van der Waals surface area contributed by atoms with Crippen LogP contribution < -0.4 is 10.2 Å². The molecule has 2 aromatic rings. The van der Waals surface area contributed by atoms with Crippen LogP contribution in [0, 0.1) is 23.0 Å². The van der Waals surface area contributed by atoms with Crippen LogP contribution in [0.3, 0.4) is 0 Å². The molecular weight excluding hydrogens is 322 g/mol. The molecule has 3 rings (SSSR count). The van der Waals surface area contributed by atoms with E-state index < -0.39 is 10.8 Å². The first kappa shape index (κ1) is 16.6. The van der Waals surface area contributed by atoms with Crippen molar-refractivity contribution in [2.45, 2.75) is 13.3 Å². The Morgan fingerprint density at radius 3 is 2.64 bits per heavy atom. The van der Waals surface area contributed by atoms with E-state index in [9.17, 15) is 19.7 Å². The summed E-state index contributed by atoms with van der Waals surface area (Å²) in [7, 11) is 0. The number of nitrogens with one attached hydrogen (secondary N) is 1. The van der Waals surface area contributed by atoms with Gasteiger partial charge in [-0.2, -0.15) is 0 Å². The fourth-order valence-corrected chi connectivity index (χ4v) is 2.80. The number of anilines is 2. The van der Waals surface area contributed by atoms with Crippen LogP contribution in [0.2, 0.25) is 0 Å². The average Bonchev–Trinajstić information content (AvgIpc) is 2.98. The summed E-state index contributed by atoms with van der Waals surface area (Å²) in [4.78, 5) is 36.5. The molecule has 0 spiro atoms. The van der Waals surface area contributed by atoms with E-state index in [0.29, 0.717) is 12.2 Å². The van der Waals surface area contributed by atoms with E-state index in [1.54, 1.807) is 11.0 Å². The molecule has 7 heteroatoms. The largest absolute Gasteiger partial charge is 0.326 e. The number of rotatable bonds is 4. The minimum atomic E-state index is -0.520. The Morgan fingerprint density at radius 1 is 1.24 bits per heavy atom. The zero-order valence-corrected chi connectivity index (χ0v) is 13.6. The summed E-state index contributed by atoms with van der Waals surface area (Å²) >= 11 is 0. The molecule has 25 heavy (non-hydrogen) atoms. The maximum atomic E-state index is 12.4. The van der Waals surface area contributed by atoms with Gasteiger partial charge in [-0.1, -0.05) is 23.8 Å². The molecule has 0 aliphatic carbocycles. The lowest BCUT2D eigenvalue weighted by atomic mass is 10.1. The van der Waals surface area contributed by atoms with Crippen LogP contribution in [0.15, 0.2) is 48.5 Å². The van der Waals surface area contributed by atoms with Gasteiger partial charge in [-0.15, -0.1) is 0 Å². The van der Waals surface area contributed by atoms with Crippen LogP contribution in [0.25, 0.3) is 0 Å². The molecule has 1 unspecified atom stereocenters. The van der Waals surface area contributed by atoms with Crippen LogP contribution in [0.4, 0.5) is 17.1 Å². The zero-order valence-electron chi connectivity index (χ0n) is 13.6. The number of non-ortho nitro benzene ring substituents is 1. The van der Waals surface area contributed by atoms with Crippen molar-refractivity contribution in [1.29, 1.82) is 0 Å². The zero-order chi connectivity index (χ0) is 18.0. The molecule has 0 aromatic heterocycles. The smallest absolute Gasteiger partial charge is 0.271 e. The Bertz CT molecular complexity index is 832. The Hall–Kier alpha value is -3.22. The number of nitrogens with zero attached hydrogens (tertiary/aromatic N) is 2. The molecular formula is C18H17N3O4. The molecule has 128 valence electrons. The summed E-state index contributed by atoms with van der Waals surface area (Å²) < 4.78 is 0. The first-order chi connectivity index (χ1) is 11.9. The van der Waals surface area contributed by atoms with E-state index in [2.05, 4.69) is 5.32 Å². The van der Waals surface area contributed by atoms with Gasteiger partial charge in [0.05, 0.1) is 10.8 Å². The number of hydrogen-bond acceptors (Lipinski definition) is 4. The number of nitro groups is 1. The van der Waals surface area contributed by atoms with Gasteiger partial charge in [-0.3, -0.25) is 19.7 Å². The van der Waals surface area contributed by atoms with Gasteiger partial charge in [0.2, 0.25) is 11.8 Å². The van der Waals surface area contributed by atoms with Crippen molar-refractivity contribution in [3.63, 3.8) is 0 Å². The molecule has 0 bridgehead atoms. The molecule has 7 nitrogen and oxygen atoms in total. The van der Waals surface area contributed by atoms with E-state index in [-0.39, 0.29) is 23.9 Å². The Balaban J connectivity index is 1.69. The second kappa shape index (κ2) is 6.72. The summed E-state index contributed by atoms with van der Waals surface area (Å²) in [6.07, 6.45) is 0.120. The first-order valence-corrected chi connectivity index (χ1v) is 7.86.